The van der Waals surface area contributed by atoms with Crippen molar-refractivity contribution in [1.82, 2.24) is 30.3 Å². The quantitative estimate of drug-likeness (QED) is 0.0601. The first-order chi connectivity index (χ1) is 35.5. The topological polar surface area (TPSA) is 211 Å². The number of halogens is 1. The number of hydrogen-bond donors (Lipinski definition) is 4. The molecular weight excluding hydrogens is 962 g/mol. The third kappa shape index (κ3) is 13.1. The molecule has 1 aliphatic carbocycles. The molecule has 4 heterocycles. The van der Waals surface area contributed by atoms with Crippen LogP contribution in [0.25, 0.3) is 11.3 Å². The van der Waals surface area contributed by atoms with Gasteiger partial charge in [0.25, 0.3) is 0 Å². The van der Waals surface area contributed by atoms with Crippen LogP contribution in [0.3, 0.4) is 0 Å². The first-order valence-electron chi connectivity index (χ1n) is 25.3. The van der Waals surface area contributed by atoms with Gasteiger partial charge in [-0.25, -0.2) is 0 Å². The summed E-state index contributed by atoms with van der Waals surface area (Å²) < 4.78 is 19.3. The lowest BCUT2D eigenvalue weighted by Crippen LogP contribution is -2.58. The van der Waals surface area contributed by atoms with Crippen LogP contribution >= 0.6 is 11.6 Å². The van der Waals surface area contributed by atoms with Crippen molar-refractivity contribution in [1.29, 1.82) is 0 Å². The average molecular weight is 1030 g/mol. The number of aryl methyl sites for hydroxylation is 1. The highest BCUT2D eigenvalue weighted by Gasteiger charge is 2.44. The largest absolute Gasteiger partial charge is 0.494 e. The number of ether oxygens (including phenoxy) is 3. The van der Waals surface area contributed by atoms with Crippen LogP contribution < -0.4 is 20.7 Å². The van der Waals surface area contributed by atoms with E-state index < -0.39 is 41.5 Å². The predicted molar refractivity (Wildman–Crippen MR) is 285 cm³/mol. The van der Waals surface area contributed by atoms with E-state index >= 15 is 0 Å². The van der Waals surface area contributed by atoms with E-state index in [2.05, 4.69) is 44.1 Å². The first kappa shape index (κ1) is 53.5. The standard InChI is InChI=1S/C56H66ClN9O8/c1-34-9-22-46-50(34)51(39-14-16-40(57)17-15-39)61-45(53-64-63-36(3)66(46)53)30-48(68)60-41-18-20-43(21-19-41)74-28-8-26-72-25-7-27-73-33-49(69)62-52(56(4,5)6)55(71)65-32-42(67)29-47(65)54(70)59-31-37-10-12-38(13-11-37)44-23-24-58-35(44)2/h9-21,24,42,45,47,52,67H,7-8,22-23,25-33H2,1-6H3,(H,59,70)(H,60,68)(H,62,69). The lowest BCUT2D eigenvalue weighted by Gasteiger charge is -2.35. The number of rotatable bonds is 21. The van der Waals surface area contributed by atoms with Crippen LogP contribution in [0.2, 0.25) is 5.02 Å². The maximum absolute atomic E-state index is 14.0. The summed E-state index contributed by atoms with van der Waals surface area (Å²) in [5, 5.41) is 28.8. The highest BCUT2D eigenvalue weighted by Crippen LogP contribution is 2.40. The second-order valence-corrected chi connectivity index (χ2v) is 20.5. The SMILES string of the molecule is CC1=CCC2=C1C(c1ccc(Cl)cc1)=NC(CC(=O)Nc1ccc(OCCCOCCCOCC(=O)NC(C(=O)N3CC(O)CC3C(=O)NCc3ccc(C4=C(C)N=CC4)cc3)C(C)(C)C)cc1)c1nnc(C)n12. The fourth-order valence-corrected chi connectivity index (χ4v) is 9.69. The molecule has 390 valence electrons. The molecule has 0 bridgehead atoms. The van der Waals surface area contributed by atoms with E-state index in [1.807, 2.05) is 93.9 Å². The third-order valence-corrected chi connectivity index (χ3v) is 13.7. The average Bonchev–Trinajstić information content (AvgIpc) is 4.17. The molecule has 17 nitrogen and oxygen atoms in total. The Bertz CT molecular complexity index is 2860. The van der Waals surface area contributed by atoms with Gasteiger partial charge in [0.1, 0.15) is 36.3 Å². The number of aliphatic hydroxyl groups is 1. The number of carbonyl (C=O) groups is 4. The molecule has 1 fully saturated rings. The summed E-state index contributed by atoms with van der Waals surface area (Å²) in [5.41, 5.74) is 8.96. The number of carbonyl (C=O) groups excluding carboxylic acids is 4. The molecule has 1 saturated heterocycles. The number of likely N-dealkylation sites (tertiary alicyclic amines) is 1. The molecule has 74 heavy (non-hydrogen) atoms. The maximum atomic E-state index is 14.0. The van der Waals surface area contributed by atoms with E-state index in [-0.39, 0.29) is 51.0 Å². The highest BCUT2D eigenvalue weighted by atomic mass is 35.5. The van der Waals surface area contributed by atoms with Gasteiger partial charge in [0, 0.05) is 98.0 Å². The number of nitrogens with one attached hydrogen (secondary N) is 3. The minimum atomic E-state index is -0.960. The van der Waals surface area contributed by atoms with Gasteiger partial charge in [-0.2, -0.15) is 0 Å². The summed E-state index contributed by atoms with van der Waals surface area (Å²) in [6.45, 7) is 13.0. The molecular formula is C56H66ClN9O8. The van der Waals surface area contributed by atoms with Crippen molar-refractivity contribution >= 4 is 64.1 Å². The number of amides is 4. The van der Waals surface area contributed by atoms with E-state index in [1.165, 1.54) is 10.5 Å². The molecule has 18 heteroatoms. The fourth-order valence-electron chi connectivity index (χ4n) is 9.56. The Balaban J connectivity index is 0.716. The van der Waals surface area contributed by atoms with Crippen LogP contribution in [0.5, 0.6) is 5.75 Å². The van der Waals surface area contributed by atoms with Crippen LogP contribution in [0.15, 0.2) is 106 Å². The number of allylic oxidation sites excluding steroid dienone is 6. The highest BCUT2D eigenvalue weighted by molar-refractivity contribution is 6.31. The van der Waals surface area contributed by atoms with Crippen molar-refractivity contribution in [3.05, 3.63) is 129 Å². The zero-order chi connectivity index (χ0) is 52.5. The molecule has 0 radical (unpaired) electrons. The van der Waals surface area contributed by atoms with Crippen molar-refractivity contribution in [3.63, 3.8) is 0 Å². The lowest BCUT2D eigenvalue weighted by atomic mass is 9.85. The summed E-state index contributed by atoms with van der Waals surface area (Å²) in [5.74, 6) is 0.526. The number of aliphatic imine (C=N–C) groups is 2. The van der Waals surface area contributed by atoms with Crippen molar-refractivity contribution < 1.29 is 38.5 Å². The van der Waals surface area contributed by atoms with Gasteiger partial charge in [-0.1, -0.05) is 74.8 Å². The summed E-state index contributed by atoms with van der Waals surface area (Å²) in [7, 11) is 0. The smallest absolute Gasteiger partial charge is 0.246 e. The van der Waals surface area contributed by atoms with Crippen LogP contribution in [0.4, 0.5) is 5.69 Å². The number of nitrogens with zero attached hydrogens (tertiary/aromatic N) is 6. The summed E-state index contributed by atoms with van der Waals surface area (Å²) in [6, 6.07) is 20.3. The number of fused-ring (bicyclic) bond motifs is 2. The van der Waals surface area contributed by atoms with E-state index in [9.17, 15) is 24.3 Å². The zero-order valence-electron chi connectivity index (χ0n) is 43.0. The number of aromatic nitrogens is 3. The number of benzene rings is 3. The van der Waals surface area contributed by atoms with Crippen molar-refractivity contribution in [2.24, 2.45) is 15.4 Å². The van der Waals surface area contributed by atoms with Crippen molar-refractivity contribution in [3.8, 4) is 5.75 Å². The molecule has 4 aliphatic rings. The molecule has 1 aromatic heterocycles. The number of anilines is 1. The van der Waals surface area contributed by atoms with E-state index in [4.69, 9.17) is 30.8 Å². The second kappa shape index (κ2) is 24.0. The van der Waals surface area contributed by atoms with Gasteiger partial charge < -0.3 is 40.2 Å². The summed E-state index contributed by atoms with van der Waals surface area (Å²) >= 11 is 6.23. The van der Waals surface area contributed by atoms with Crippen LogP contribution in [-0.4, -0.2) is 118 Å². The van der Waals surface area contributed by atoms with Crippen LogP contribution in [0.1, 0.15) is 108 Å². The lowest BCUT2D eigenvalue weighted by molar-refractivity contribution is -0.144. The van der Waals surface area contributed by atoms with Gasteiger partial charge in [-0.05, 0) is 91.3 Å². The minimum Gasteiger partial charge on any atom is -0.494 e. The van der Waals surface area contributed by atoms with Crippen molar-refractivity contribution in [2.75, 3.05) is 44.9 Å². The molecule has 4 atom stereocenters. The third-order valence-electron chi connectivity index (χ3n) is 13.4. The molecule has 4 unspecified atom stereocenters. The van der Waals surface area contributed by atoms with Gasteiger partial charge in [-0.3, -0.25) is 33.7 Å². The monoisotopic (exact) mass is 1030 g/mol. The van der Waals surface area contributed by atoms with Gasteiger partial charge in [0.05, 0.1) is 24.8 Å². The Morgan fingerprint density at radius 2 is 1.55 bits per heavy atom. The van der Waals surface area contributed by atoms with Gasteiger partial charge in [-0.15, -0.1) is 10.2 Å². The molecule has 3 aromatic carbocycles. The second-order valence-electron chi connectivity index (χ2n) is 20.1. The number of β-amino-alcohol motifs (C(OH)–C–C–N with tert-alkyl or cyclic N) is 1. The van der Waals surface area contributed by atoms with Crippen LogP contribution in [-0.2, 0) is 35.2 Å². The van der Waals surface area contributed by atoms with Gasteiger partial charge in [0.2, 0.25) is 23.6 Å². The fraction of sp³-hybridized carbons (Fsp3) is 0.429. The number of aliphatic hydroxyl groups excluding tert-OH is 1. The Labute approximate surface area is 437 Å². The molecule has 3 aliphatic heterocycles. The van der Waals surface area contributed by atoms with E-state index in [0.29, 0.717) is 61.4 Å². The molecule has 4 N–H and O–H groups in total. The Morgan fingerprint density at radius 1 is 0.851 bits per heavy atom. The molecule has 0 saturated carbocycles. The molecule has 4 aromatic rings. The van der Waals surface area contributed by atoms with E-state index in [1.54, 1.807) is 24.3 Å². The first-order valence-corrected chi connectivity index (χ1v) is 25.6. The Morgan fingerprint density at radius 3 is 2.26 bits per heavy atom. The predicted octanol–water partition coefficient (Wildman–Crippen LogP) is 7.58. The van der Waals surface area contributed by atoms with Crippen molar-refractivity contribution in [2.45, 2.75) is 111 Å². The Kier molecular flexibility index (Phi) is 17.4. The van der Waals surface area contributed by atoms with Gasteiger partial charge >= 0.3 is 0 Å². The van der Waals surface area contributed by atoms with E-state index in [0.717, 1.165) is 57.2 Å². The minimum absolute atomic E-state index is 0.0148. The summed E-state index contributed by atoms with van der Waals surface area (Å²) in [4.78, 5) is 64.9. The normalized spacial score (nSPS) is 18.6. The molecule has 8 rings (SSSR count). The molecule has 4 amide bonds. The zero-order valence-corrected chi connectivity index (χ0v) is 43.7. The number of hydrogen-bond acceptors (Lipinski definition) is 12. The maximum Gasteiger partial charge on any atom is 0.246 e. The van der Waals surface area contributed by atoms with Crippen LogP contribution in [0, 0.1) is 12.3 Å². The summed E-state index contributed by atoms with van der Waals surface area (Å²) in [6.07, 6.45) is 6.04. The Hall–Kier alpha value is -6.79. The molecule has 0 spiro atoms. The van der Waals surface area contributed by atoms with Gasteiger partial charge in [0.15, 0.2) is 5.82 Å².